The highest BCUT2D eigenvalue weighted by Crippen LogP contribution is 2.21. The van der Waals surface area contributed by atoms with Gasteiger partial charge in [-0.15, -0.1) is 0 Å². The number of carbonyl (C=O) groups is 5. The van der Waals surface area contributed by atoms with Gasteiger partial charge in [0.05, 0.1) is 12.4 Å². The summed E-state index contributed by atoms with van der Waals surface area (Å²) in [6.07, 6.45) is 3.77. The molecule has 1 aliphatic heterocycles. The van der Waals surface area contributed by atoms with Crippen molar-refractivity contribution in [2.45, 2.75) is 76.5 Å². The van der Waals surface area contributed by atoms with Gasteiger partial charge in [0, 0.05) is 31.3 Å². The summed E-state index contributed by atoms with van der Waals surface area (Å²) >= 11 is 0. The normalized spacial score (nSPS) is 18.8. The number of aliphatic carboxylic acids is 2. The first-order chi connectivity index (χ1) is 16.5. The second-order valence-electron chi connectivity index (χ2n) is 8.77. The van der Waals surface area contributed by atoms with Crippen LogP contribution in [0.3, 0.4) is 0 Å². The summed E-state index contributed by atoms with van der Waals surface area (Å²) < 4.78 is 0. The van der Waals surface area contributed by atoms with E-state index in [1.165, 1.54) is 17.4 Å². The van der Waals surface area contributed by atoms with E-state index >= 15 is 0 Å². The Morgan fingerprint density at radius 2 is 1.94 bits per heavy atom. The van der Waals surface area contributed by atoms with E-state index < -0.39 is 54.3 Å². The molecule has 2 heterocycles. The summed E-state index contributed by atoms with van der Waals surface area (Å²) in [6.45, 7) is 4.15. The number of aromatic nitrogens is 2. The van der Waals surface area contributed by atoms with E-state index in [-0.39, 0.29) is 24.7 Å². The Kier molecular flexibility index (Phi) is 10.2. The molecule has 0 bridgehead atoms. The van der Waals surface area contributed by atoms with Crippen LogP contribution in [0.4, 0.5) is 0 Å². The van der Waals surface area contributed by atoms with Crippen LogP contribution in [0.2, 0.25) is 0 Å². The predicted molar refractivity (Wildman–Crippen MR) is 123 cm³/mol. The molecule has 35 heavy (non-hydrogen) atoms. The van der Waals surface area contributed by atoms with Gasteiger partial charge in [0.2, 0.25) is 17.7 Å². The number of nitrogens with two attached hydrogens (primary N) is 1. The second kappa shape index (κ2) is 12.8. The zero-order valence-corrected chi connectivity index (χ0v) is 19.9. The number of nitrogens with zero attached hydrogens (tertiary/aromatic N) is 2. The minimum absolute atomic E-state index is 0.0180. The number of likely N-dealkylation sites (tertiary alicyclic amines) is 1. The lowest BCUT2D eigenvalue weighted by Gasteiger charge is -2.30. The highest BCUT2D eigenvalue weighted by atomic mass is 16.4. The van der Waals surface area contributed by atoms with Crippen molar-refractivity contribution >= 4 is 29.7 Å². The summed E-state index contributed by atoms with van der Waals surface area (Å²) in [7, 11) is 0. The molecule has 1 saturated heterocycles. The zero-order chi connectivity index (χ0) is 26.1. The average Bonchev–Trinajstić information content (AvgIpc) is 3.51. The molecule has 0 radical (unpaired) electrons. The zero-order valence-electron chi connectivity index (χ0n) is 19.9. The van der Waals surface area contributed by atoms with Gasteiger partial charge in [-0.3, -0.25) is 19.2 Å². The molecule has 1 fully saturated rings. The standard InChI is InChI=1S/C22H34N6O7/c1-3-12(2)18(23)21(33)28-8-4-5-16(28)20(32)27-15(9-13-10-24-11-25-13)19(31)26-14(22(34)35)6-7-17(29)30/h10-12,14-16,18H,3-9,23H2,1-2H3,(H,24,25)(H,26,31)(H,27,32)(H,29,30)(H,34,35). The number of H-pyrrole nitrogens is 1. The van der Waals surface area contributed by atoms with E-state index in [4.69, 9.17) is 10.8 Å². The summed E-state index contributed by atoms with van der Waals surface area (Å²) in [5.41, 5.74) is 6.61. The van der Waals surface area contributed by atoms with Crippen LogP contribution in [0.25, 0.3) is 0 Å². The Hall–Kier alpha value is -3.48. The number of hydrogen-bond acceptors (Lipinski definition) is 7. The number of aromatic amines is 1. The molecule has 0 saturated carbocycles. The number of carboxylic acids is 2. The molecular weight excluding hydrogens is 460 g/mol. The molecule has 1 aliphatic rings. The largest absolute Gasteiger partial charge is 0.481 e. The van der Waals surface area contributed by atoms with Gasteiger partial charge in [-0.2, -0.15) is 0 Å². The minimum atomic E-state index is -1.45. The maximum atomic E-state index is 13.2. The van der Waals surface area contributed by atoms with Crippen molar-refractivity contribution in [3.05, 3.63) is 18.2 Å². The highest BCUT2D eigenvalue weighted by Gasteiger charge is 2.39. The van der Waals surface area contributed by atoms with Crippen LogP contribution in [-0.4, -0.2) is 85.5 Å². The Morgan fingerprint density at radius 1 is 1.23 bits per heavy atom. The molecule has 194 valence electrons. The fraction of sp³-hybridized carbons (Fsp3) is 0.636. The summed E-state index contributed by atoms with van der Waals surface area (Å²) in [5, 5.41) is 23.2. The molecule has 5 unspecified atom stereocenters. The molecule has 2 rings (SSSR count). The van der Waals surface area contributed by atoms with Crippen molar-refractivity contribution in [1.29, 1.82) is 0 Å². The maximum Gasteiger partial charge on any atom is 0.326 e. The van der Waals surface area contributed by atoms with Crippen molar-refractivity contribution < 1.29 is 34.2 Å². The quantitative estimate of drug-likeness (QED) is 0.203. The lowest BCUT2D eigenvalue weighted by atomic mass is 9.98. The van der Waals surface area contributed by atoms with Crippen LogP contribution in [0.1, 0.15) is 51.6 Å². The van der Waals surface area contributed by atoms with Crippen LogP contribution >= 0.6 is 0 Å². The number of rotatable bonds is 13. The molecule has 3 amide bonds. The molecular formula is C22H34N6O7. The predicted octanol–water partition coefficient (Wildman–Crippen LogP) is -0.764. The van der Waals surface area contributed by atoms with E-state index in [0.29, 0.717) is 31.5 Å². The first-order valence-corrected chi connectivity index (χ1v) is 11.6. The Morgan fingerprint density at radius 3 is 2.51 bits per heavy atom. The number of hydrogen-bond donors (Lipinski definition) is 6. The summed E-state index contributed by atoms with van der Waals surface area (Å²) in [5.74, 6) is -4.33. The molecule has 7 N–H and O–H groups in total. The molecule has 0 spiro atoms. The Balaban J connectivity index is 2.16. The van der Waals surface area contributed by atoms with Crippen LogP contribution in [0.5, 0.6) is 0 Å². The van der Waals surface area contributed by atoms with Gasteiger partial charge in [-0.25, -0.2) is 9.78 Å². The van der Waals surface area contributed by atoms with Crippen LogP contribution in [0, 0.1) is 5.92 Å². The lowest BCUT2D eigenvalue weighted by Crippen LogP contribution is -2.57. The molecule has 0 aliphatic carbocycles. The molecule has 0 aromatic carbocycles. The van der Waals surface area contributed by atoms with Crippen molar-refractivity contribution in [2.75, 3.05) is 6.54 Å². The fourth-order valence-electron chi connectivity index (χ4n) is 3.88. The van der Waals surface area contributed by atoms with Crippen molar-refractivity contribution in [2.24, 2.45) is 11.7 Å². The molecule has 1 aromatic heterocycles. The van der Waals surface area contributed by atoms with Crippen molar-refractivity contribution in [1.82, 2.24) is 25.5 Å². The summed E-state index contributed by atoms with van der Waals surface area (Å²) in [6, 6.07) is -4.19. The molecule has 1 aromatic rings. The maximum absolute atomic E-state index is 13.2. The van der Waals surface area contributed by atoms with Gasteiger partial charge in [0.1, 0.15) is 18.1 Å². The Labute approximate surface area is 202 Å². The third-order valence-electron chi connectivity index (χ3n) is 6.25. The van der Waals surface area contributed by atoms with Crippen LogP contribution in [-0.2, 0) is 30.4 Å². The SMILES string of the molecule is CCC(C)C(N)C(=O)N1CCCC1C(=O)NC(Cc1cnc[nH]1)C(=O)NC(CCC(=O)O)C(=O)O. The second-order valence-corrected chi connectivity index (χ2v) is 8.77. The van der Waals surface area contributed by atoms with E-state index in [9.17, 15) is 29.1 Å². The van der Waals surface area contributed by atoms with E-state index in [1.807, 2.05) is 13.8 Å². The number of carboxylic acid groups (broad SMARTS) is 2. The third-order valence-corrected chi connectivity index (χ3v) is 6.25. The van der Waals surface area contributed by atoms with E-state index in [0.717, 1.165) is 0 Å². The van der Waals surface area contributed by atoms with E-state index in [1.54, 1.807) is 0 Å². The van der Waals surface area contributed by atoms with Crippen LogP contribution < -0.4 is 16.4 Å². The first-order valence-electron chi connectivity index (χ1n) is 11.6. The summed E-state index contributed by atoms with van der Waals surface area (Å²) in [4.78, 5) is 69.5. The monoisotopic (exact) mass is 494 g/mol. The van der Waals surface area contributed by atoms with Gasteiger partial charge < -0.3 is 36.5 Å². The van der Waals surface area contributed by atoms with Crippen molar-refractivity contribution in [3.8, 4) is 0 Å². The topological polar surface area (TPSA) is 208 Å². The van der Waals surface area contributed by atoms with Gasteiger partial charge in [0.25, 0.3) is 0 Å². The number of amides is 3. The van der Waals surface area contributed by atoms with Gasteiger partial charge in [-0.05, 0) is 25.2 Å². The first kappa shape index (κ1) is 27.8. The third kappa shape index (κ3) is 7.77. The van der Waals surface area contributed by atoms with Gasteiger partial charge in [-0.1, -0.05) is 20.3 Å². The van der Waals surface area contributed by atoms with Gasteiger partial charge >= 0.3 is 11.9 Å². The Bertz CT molecular complexity index is 906. The number of nitrogens with one attached hydrogen (secondary N) is 3. The molecule has 13 nitrogen and oxygen atoms in total. The highest BCUT2D eigenvalue weighted by molar-refractivity contribution is 5.94. The van der Waals surface area contributed by atoms with Crippen LogP contribution in [0.15, 0.2) is 12.5 Å². The van der Waals surface area contributed by atoms with Crippen molar-refractivity contribution in [3.63, 3.8) is 0 Å². The van der Waals surface area contributed by atoms with Gasteiger partial charge in [0.15, 0.2) is 0 Å². The minimum Gasteiger partial charge on any atom is -0.481 e. The molecule has 5 atom stereocenters. The van der Waals surface area contributed by atoms with E-state index in [2.05, 4.69) is 20.6 Å². The smallest absolute Gasteiger partial charge is 0.326 e. The number of carbonyl (C=O) groups excluding carboxylic acids is 3. The number of imidazole rings is 1. The molecule has 13 heteroatoms. The lowest BCUT2D eigenvalue weighted by molar-refractivity contribution is -0.144. The fourth-order valence-corrected chi connectivity index (χ4v) is 3.88. The average molecular weight is 495 g/mol.